The number of anilines is 1. The third kappa shape index (κ3) is 4.44. The van der Waals surface area contributed by atoms with Gasteiger partial charge in [0, 0.05) is 22.1 Å². The molecule has 1 aliphatic rings. The summed E-state index contributed by atoms with van der Waals surface area (Å²) < 4.78 is 0.986. The Bertz CT molecular complexity index is 1050. The number of aromatic nitrogens is 2. The van der Waals surface area contributed by atoms with Gasteiger partial charge in [0.25, 0.3) is 5.91 Å². The molecule has 0 bridgehead atoms. The lowest BCUT2D eigenvalue weighted by Gasteiger charge is -2.23. The van der Waals surface area contributed by atoms with E-state index in [1.54, 1.807) is 4.90 Å². The van der Waals surface area contributed by atoms with Gasteiger partial charge in [-0.15, -0.1) is 10.2 Å². The number of carbonyl (C=O) groups is 2. The first-order valence-electron chi connectivity index (χ1n) is 9.85. The number of benzene rings is 2. The van der Waals surface area contributed by atoms with Crippen LogP contribution in [0, 0.1) is 0 Å². The van der Waals surface area contributed by atoms with Gasteiger partial charge in [0.05, 0.1) is 0 Å². The Labute approximate surface area is 187 Å². The first-order valence-corrected chi connectivity index (χ1v) is 11.5. The molecule has 0 spiro atoms. The summed E-state index contributed by atoms with van der Waals surface area (Å²) in [6.45, 7) is 2.65. The Hall–Kier alpha value is -2.58. The molecule has 8 heteroatoms. The number of amides is 2. The van der Waals surface area contributed by atoms with Crippen molar-refractivity contribution in [3.63, 3.8) is 0 Å². The quantitative estimate of drug-likeness (QED) is 0.565. The van der Waals surface area contributed by atoms with Gasteiger partial charge in [0.2, 0.25) is 11.0 Å². The van der Waals surface area contributed by atoms with E-state index >= 15 is 0 Å². The third-order valence-electron chi connectivity index (χ3n) is 5.17. The number of nitrogens with one attached hydrogen (secondary N) is 1. The minimum Gasteiger partial charge on any atom is -0.327 e. The highest BCUT2D eigenvalue weighted by molar-refractivity contribution is 9.10. The van der Waals surface area contributed by atoms with Crippen molar-refractivity contribution in [3.8, 4) is 10.6 Å². The number of nitrogens with zero attached hydrogens (tertiary/aromatic N) is 3. The minimum absolute atomic E-state index is 0.108. The van der Waals surface area contributed by atoms with Crippen LogP contribution in [0.1, 0.15) is 35.7 Å². The summed E-state index contributed by atoms with van der Waals surface area (Å²) in [7, 11) is 0. The van der Waals surface area contributed by atoms with E-state index < -0.39 is 6.04 Å². The molecule has 154 valence electrons. The van der Waals surface area contributed by atoms with Crippen LogP contribution in [-0.4, -0.2) is 39.5 Å². The van der Waals surface area contributed by atoms with Crippen LogP contribution in [0.4, 0.5) is 5.13 Å². The number of carbonyl (C=O) groups excluding carboxylic acids is 2. The summed E-state index contributed by atoms with van der Waals surface area (Å²) in [5.41, 5.74) is 2.73. The molecule has 30 heavy (non-hydrogen) atoms. The van der Waals surface area contributed by atoms with Gasteiger partial charge in [-0.3, -0.25) is 14.9 Å². The van der Waals surface area contributed by atoms with E-state index in [9.17, 15) is 9.59 Å². The minimum atomic E-state index is -0.497. The van der Waals surface area contributed by atoms with E-state index in [-0.39, 0.29) is 11.8 Å². The van der Waals surface area contributed by atoms with Crippen molar-refractivity contribution >= 4 is 44.2 Å². The number of likely N-dealkylation sites (tertiary alicyclic amines) is 1. The van der Waals surface area contributed by atoms with Crippen molar-refractivity contribution in [2.75, 3.05) is 11.9 Å². The normalized spacial score (nSPS) is 15.9. The predicted octanol–water partition coefficient (Wildman–Crippen LogP) is 4.77. The summed E-state index contributed by atoms with van der Waals surface area (Å²) in [6.07, 6.45) is 2.37. The van der Waals surface area contributed by atoms with Gasteiger partial charge in [-0.1, -0.05) is 58.5 Å². The van der Waals surface area contributed by atoms with Crippen molar-refractivity contribution in [2.24, 2.45) is 0 Å². The average molecular weight is 485 g/mol. The number of hydrogen-bond acceptors (Lipinski definition) is 5. The van der Waals surface area contributed by atoms with Crippen LogP contribution in [-0.2, 0) is 11.2 Å². The summed E-state index contributed by atoms with van der Waals surface area (Å²) in [5.74, 6) is -0.326. The maximum absolute atomic E-state index is 12.9. The Morgan fingerprint density at radius 1 is 1.13 bits per heavy atom. The lowest BCUT2D eigenvalue weighted by molar-refractivity contribution is -0.119. The van der Waals surface area contributed by atoms with Gasteiger partial charge in [-0.2, -0.15) is 0 Å². The van der Waals surface area contributed by atoms with Gasteiger partial charge >= 0.3 is 0 Å². The number of aryl methyl sites for hydroxylation is 1. The molecule has 1 N–H and O–H groups in total. The number of hydrogen-bond donors (Lipinski definition) is 1. The zero-order valence-electron chi connectivity index (χ0n) is 16.5. The summed E-state index contributed by atoms with van der Waals surface area (Å²) in [4.78, 5) is 27.5. The van der Waals surface area contributed by atoms with Crippen molar-refractivity contribution in [2.45, 2.75) is 32.2 Å². The maximum Gasteiger partial charge on any atom is 0.254 e. The van der Waals surface area contributed by atoms with E-state index in [1.807, 2.05) is 48.5 Å². The van der Waals surface area contributed by atoms with Gasteiger partial charge in [0.1, 0.15) is 11.0 Å². The first-order chi connectivity index (χ1) is 14.5. The molecular weight excluding hydrogens is 464 g/mol. The smallest absolute Gasteiger partial charge is 0.254 e. The van der Waals surface area contributed by atoms with Crippen LogP contribution in [0.3, 0.4) is 0 Å². The highest BCUT2D eigenvalue weighted by Crippen LogP contribution is 2.28. The maximum atomic E-state index is 12.9. The first kappa shape index (κ1) is 20.7. The zero-order valence-corrected chi connectivity index (χ0v) is 18.9. The Balaban J connectivity index is 1.44. The molecule has 1 aromatic heterocycles. The summed E-state index contributed by atoms with van der Waals surface area (Å²) >= 11 is 4.73. The van der Waals surface area contributed by atoms with Crippen molar-refractivity contribution in [3.05, 3.63) is 64.1 Å². The number of rotatable bonds is 5. The van der Waals surface area contributed by atoms with Crippen LogP contribution in [0.5, 0.6) is 0 Å². The van der Waals surface area contributed by atoms with E-state index in [0.29, 0.717) is 23.7 Å². The predicted molar refractivity (Wildman–Crippen MR) is 122 cm³/mol. The molecule has 2 aromatic carbocycles. The topological polar surface area (TPSA) is 75.2 Å². The Kier molecular flexibility index (Phi) is 6.24. The van der Waals surface area contributed by atoms with E-state index in [0.717, 1.165) is 27.9 Å². The van der Waals surface area contributed by atoms with Crippen LogP contribution >= 0.6 is 27.3 Å². The molecule has 4 rings (SSSR count). The molecular formula is C22H21BrN4O2S. The molecule has 2 amide bonds. The standard InChI is InChI=1S/C22H21BrN4O2S/c1-2-14-5-7-16(8-6-14)21(29)27-13-3-4-18(27)19(28)24-22-26-25-20(30-22)15-9-11-17(23)12-10-15/h5-12,18H,2-4,13H2,1H3,(H,24,26,28). The Morgan fingerprint density at radius 2 is 1.87 bits per heavy atom. The third-order valence-corrected chi connectivity index (χ3v) is 6.59. The highest BCUT2D eigenvalue weighted by Gasteiger charge is 2.35. The van der Waals surface area contributed by atoms with Gasteiger partial charge < -0.3 is 4.90 Å². The monoisotopic (exact) mass is 484 g/mol. The fourth-order valence-corrected chi connectivity index (χ4v) is 4.52. The lowest BCUT2D eigenvalue weighted by atomic mass is 10.1. The number of halogens is 1. The summed E-state index contributed by atoms with van der Waals surface area (Å²) in [6, 6.07) is 14.9. The molecule has 0 saturated carbocycles. The van der Waals surface area contributed by atoms with Gasteiger partial charge in [-0.25, -0.2) is 0 Å². The second kappa shape index (κ2) is 9.06. The zero-order chi connectivity index (χ0) is 21.1. The molecule has 1 atom stereocenters. The fraction of sp³-hybridized carbons (Fsp3) is 0.273. The van der Waals surface area contributed by atoms with Crippen molar-refractivity contribution in [1.82, 2.24) is 15.1 Å². The molecule has 1 aliphatic heterocycles. The van der Waals surface area contributed by atoms with Gasteiger partial charge in [0.15, 0.2) is 0 Å². The lowest BCUT2D eigenvalue weighted by Crippen LogP contribution is -2.43. The van der Waals surface area contributed by atoms with Crippen molar-refractivity contribution < 1.29 is 9.59 Å². The van der Waals surface area contributed by atoms with Gasteiger partial charge in [-0.05, 0) is 49.1 Å². The Morgan fingerprint density at radius 3 is 2.57 bits per heavy atom. The molecule has 6 nitrogen and oxygen atoms in total. The largest absolute Gasteiger partial charge is 0.327 e. The van der Waals surface area contributed by atoms with Crippen LogP contribution in [0.15, 0.2) is 53.0 Å². The second-order valence-corrected chi connectivity index (χ2v) is 9.01. The molecule has 1 unspecified atom stereocenters. The fourth-order valence-electron chi connectivity index (χ4n) is 3.50. The van der Waals surface area contributed by atoms with Crippen molar-refractivity contribution in [1.29, 1.82) is 0 Å². The van der Waals surface area contributed by atoms with Crippen LogP contribution < -0.4 is 5.32 Å². The molecule has 0 radical (unpaired) electrons. The van der Waals surface area contributed by atoms with E-state index in [2.05, 4.69) is 38.4 Å². The average Bonchev–Trinajstić information content (AvgIpc) is 3.44. The SMILES string of the molecule is CCc1ccc(C(=O)N2CCCC2C(=O)Nc2nnc(-c3ccc(Br)cc3)s2)cc1. The van der Waals surface area contributed by atoms with E-state index in [1.165, 1.54) is 16.9 Å². The van der Waals surface area contributed by atoms with Crippen LogP contribution in [0.2, 0.25) is 0 Å². The van der Waals surface area contributed by atoms with Crippen LogP contribution in [0.25, 0.3) is 10.6 Å². The summed E-state index contributed by atoms with van der Waals surface area (Å²) in [5, 5.41) is 12.3. The van der Waals surface area contributed by atoms with E-state index in [4.69, 9.17) is 0 Å². The molecule has 0 aliphatic carbocycles. The molecule has 2 heterocycles. The molecule has 1 saturated heterocycles. The molecule has 1 fully saturated rings. The second-order valence-electron chi connectivity index (χ2n) is 7.12. The highest BCUT2D eigenvalue weighted by atomic mass is 79.9. The molecule has 3 aromatic rings.